The van der Waals surface area contributed by atoms with Gasteiger partial charge in [0, 0.05) is 17.8 Å². The van der Waals surface area contributed by atoms with E-state index in [1.165, 1.54) is 19.2 Å². The van der Waals surface area contributed by atoms with Crippen LogP contribution < -0.4 is 14.5 Å². The van der Waals surface area contributed by atoms with E-state index in [0.717, 1.165) is 36.4 Å². The van der Waals surface area contributed by atoms with Gasteiger partial charge < -0.3 is 4.74 Å². The van der Waals surface area contributed by atoms with E-state index in [9.17, 15) is 46.0 Å². The zero-order valence-electron chi connectivity index (χ0n) is 16.4. The van der Waals surface area contributed by atoms with E-state index < -0.39 is 58.2 Å². The van der Waals surface area contributed by atoms with Crippen molar-refractivity contribution in [2.24, 2.45) is 5.92 Å². The zero-order chi connectivity index (χ0) is 24.7. The number of rotatable bonds is 5. The number of nitro groups is 1. The molecule has 1 unspecified atom stereocenters. The van der Waals surface area contributed by atoms with E-state index in [1.807, 2.05) is 0 Å². The molecule has 0 aliphatic carbocycles. The summed E-state index contributed by atoms with van der Waals surface area (Å²) in [6, 6.07) is 3.41. The Hall–Kier alpha value is -3.84. The molecule has 3 rings (SSSR count). The van der Waals surface area contributed by atoms with Gasteiger partial charge >= 0.3 is 18.4 Å². The Labute approximate surface area is 181 Å². The van der Waals surface area contributed by atoms with Crippen molar-refractivity contribution in [1.29, 1.82) is 0 Å². The lowest BCUT2D eigenvalue weighted by atomic mass is 9.96. The lowest BCUT2D eigenvalue weighted by Gasteiger charge is -2.31. The molecule has 1 aliphatic heterocycles. The SMILES string of the molecule is COc1ccc(N2C(=O)N(c3ccc([N+](=O)[O-])cc3)C(=O)C2C(C(F)(F)F)C(F)(F)F)cc1. The number of nitro benzene ring substituents is 1. The van der Waals surface area contributed by atoms with Crippen LogP contribution in [0.25, 0.3) is 0 Å². The Balaban J connectivity index is 2.17. The van der Waals surface area contributed by atoms with Gasteiger partial charge in [0.15, 0.2) is 5.92 Å². The number of anilines is 2. The molecule has 3 amide bonds. The van der Waals surface area contributed by atoms with Crippen LogP contribution in [0.2, 0.25) is 0 Å². The Morgan fingerprint density at radius 1 is 0.909 bits per heavy atom. The fraction of sp³-hybridized carbons (Fsp3) is 0.263. The zero-order valence-corrected chi connectivity index (χ0v) is 16.4. The molecule has 1 fully saturated rings. The maximum atomic E-state index is 13.5. The number of imide groups is 1. The number of nitrogens with zero attached hydrogens (tertiary/aromatic N) is 3. The molecular formula is C19H13F6N3O5. The van der Waals surface area contributed by atoms with Crippen molar-refractivity contribution in [2.45, 2.75) is 18.4 Å². The summed E-state index contributed by atoms with van der Waals surface area (Å²) >= 11 is 0. The second-order valence-corrected chi connectivity index (χ2v) is 6.80. The van der Waals surface area contributed by atoms with Crippen molar-refractivity contribution in [3.05, 3.63) is 58.6 Å². The molecule has 0 N–H and O–H groups in total. The predicted molar refractivity (Wildman–Crippen MR) is 101 cm³/mol. The highest BCUT2D eigenvalue weighted by molar-refractivity contribution is 6.28. The second-order valence-electron chi connectivity index (χ2n) is 6.80. The standard InChI is InChI=1S/C19H13F6N3O5/c1-33-13-8-6-10(7-9-13)26-14(15(18(20,21)22)19(23,24)25)16(29)27(17(26)30)11-2-4-12(5-3-11)28(31)32/h2-9,14-15H,1H3. The number of amides is 3. The Kier molecular flexibility index (Phi) is 5.96. The number of carbonyl (C=O) groups is 2. The average molecular weight is 477 g/mol. The number of ether oxygens (including phenoxy) is 1. The fourth-order valence-corrected chi connectivity index (χ4v) is 3.37. The largest absolute Gasteiger partial charge is 0.497 e. The molecule has 8 nitrogen and oxygen atoms in total. The first-order valence-corrected chi connectivity index (χ1v) is 8.96. The summed E-state index contributed by atoms with van der Waals surface area (Å²) in [7, 11) is 1.27. The fourth-order valence-electron chi connectivity index (χ4n) is 3.37. The number of hydrogen-bond acceptors (Lipinski definition) is 5. The van der Waals surface area contributed by atoms with Crippen molar-refractivity contribution >= 4 is 29.0 Å². The summed E-state index contributed by atoms with van der Waals surface area (Å²) in [5.74, 6) is -5.78. The van der Waals surface area contributed by atoms with Crippen LogP contribution in [0, 0.1) is 16.0 Å². The summed E-state index contributed by atoms with van der Waals surface area (Å²) in [6.07, 6.45) is -11.8. The Morgan fingerprint density at radius 2 is 1.39 bits per heavy atom. The highest BCUT2D eigenvalue weighted by atomic mass is 19.4. The second kappa shape index (κ2) is 8.26. The van der Waals surface area contributed by atoms with Gasteiger partial charge in [0.25, 0.3) is 11.6 Å². The monoisotopic (exact) mass is 477 g/mol. The normalized spacial score (nSPS) is 17.2. The molecule has 1 heterocycles. The molecule has 0 saturated carbocycles. The maximum Gasteiger partial charge on any atom is 0.403 e. The number of urea groups is 1. The lowest BCUT2D eigenvalue weighted by molar-refractivity contribution is -0.384. The molecule has 0 aromatic heterocycles. The minimum atomic E-state index is -5.92. The molecule has 0 spiro atoms. The molecule has 0 radical (unpaired) electrons. The summed E-state index contributed by atoms with van der Waals surface area (Å²) in [5, 5.41) is 10.8. The number of halogens is 6. The minimum absolute atomic E-state index is 0.106. The molecule has 176 valence electrons. The van der Waals surface area contributed by atoms with E-state index in [0.29, 0.717) is 0 Å². The van der Waals surface area contributed by atoms with E-state index in [1.54, 1.807) is 0 Å². The van der Waals surface area contributed by atoms with E-state index >= 15 is 0 Å². The third kappa shape index (κ3) is 4.40. The van der Waals surface area contributed by atoms with Crippen molar-refractivity contribution in [3.63, 3.8) is 0 Å². The summed E-state index contributed by atoms with van der Waals surface area (Å²) < 4.78 is 86.0. The van der Waals surface area contributed by atoms with E-state index in [-0.39, 0.29) is 15.5 Å². The summed E-state index contributed by atoms with van der Waals surface area (Å²) in [5.41, 5.74) is -1.31. The summed E-state index contributed by atoms with van der Waals surface area (Å²) in [6.45, 7) is 0. The van der Waals surface area contributed by atoms with Crippen molar-refractivity contribution in [1.82, 2.24) is 0 Å². The van der Waals surface area contributed by atoms with Crippen molar-refractivity contribution in [2.75, 3.05) is 16.9 Å². The van der Waals surface area contributed by atoms with Gasteiger partial charge in [0.05, 0.1) is 17.7 Å². The molecule has 2 aromatic carbocycles. The first kappa shape index (κ1) is 23.8. The molecule has 14 heteroatoms. The van der Waals surface area contributed by atoms with E-state index in [2.05, 4.69) is 0 Å². The lowest BCUT2D eigenvalue weighted by Crippen LogP contribution is -2.53. The van der Waals surface area contributed by atoms with Gasteiger partial charge in [-0.3, -0.25) is 19.8 Å². The van der Waals surface area contributed by atoms with E-state index in [4.69, 9.17) is 4.74 Å². The molecular weight excluding hydrogens is 464 g/mol. The summed E-state index contributed by atoms with van der Waals surface area (Å²) in [4.78, 5) is 36.1. The first-order valence-electron chi connectivity index (χ1n) is 8.96. The third-order valence-electron chi connectivity index (χ3n) is 4.84. The topological polar surface area (TPSA) is 93.0 Å². The number of methoxy groups -OCH3 is 1. The van der Waals surface area contributed by atoms with Crippen LogP contribution in [0.5, 0.6) is 5.75 Å². The number of hydrogen-bond donors (Lipinski definition) is 0. The van der Waals surface area contributed by atoms with Crippen LogP contribution in [-0.4, -0.2) is 42.4 Å². The van der Waals surface area contributed by atoms with Crippen molar-refractivity contribution < 1.29 is 45.6 Å². The van der Waals surface area contributed by atoms with Crippen LogP contribution in [0.1, 0.15) is 0 Å². The number of benzene rings is 2. The van der Waals surface area contributed by atoms with Gasteiger partial charge in [0.2, 0.25) is 0 Å². The molecule has 0 bridgehead atoms. The molecule has 1 aliphatic rings. The number of non-ortho nitro benzene ring substituents is 1. The van der Waals surface area contributed by atoms with Gasteiger partial charge in [0.1, 0.15) is 11.8 Å². The Bertz CT molecular complexity index is 1060. The maximum absolute atomic E-state index is 13.5. The van der Waals surface area contributed by atoms with Crippen LogP contribution in [0.3, 0.4) is 0 Å². The van der Waals surface area contributed by atoms with Crippen LogP contribution in [0.4, 0.5) is 48.2 Å². The van der Waals surface area contributed by atoms with Crippen LogP contribution in [-0.2, 0) is 4.79 Å². The molecule has 1 saturated heterocycles. The highest BCUT2D eigenvalue weighted by Gasteiger charge is 2.67. The van der Waals surface area contributed by atoms with Gasteiger partial charge in [-0.15, -0.1) is 0 Å². The van der Waals surface area contributed by atoms with Gasteiger partial charge in [-0.2, -0.15) is 26.3 Å². The van der Waals surface area contributed by atoms with Crippen LogP contribution in [0.15, 0.2) is 48.5 Å². The van der Waals surface area contributed by atoms with Gasteiger partial charge in [-0.1, -0.05) is 0 Å². The molecule has 2 aromatic rings. The van der Waals surface area contributed by atoms with Crippen LogP contribution >= 0.6 is 0 Å². The highest BCUT2D eigenvalue weighted by Crippen LogP contribution is 2.47. The molecule has 33 heavy (non-hydrogen) atoms. The number of alkyl halides is 6. The smallest absolute Gasteiger partial charge is 0.403 e. The number of carbonyl (C=O) groups excluding carboxylic acids is 2. The quantitative estimate of drug-likeness (QED) is 0.270. The Morgan fingerprint density at radius 3 is 1.82 bits per heavy atom. The van der Waals surface area contributed by atoms with Gasteiger partial charge in [-0.25, -0.2) is 9.69 Å². The minimum Gasteiger partial charge on any atom is -0.497 e. The predicted octanol–water partition coefficient (Wildman–Crippen LogP) is 4.69. The third-order valence-corrected chi connectivity index (χ3v) is 4.84. The van der Waals surface area contributed by atoms with Crippen molar-refractivity contribution in [3.8, 4) is 5.75 Å². The first-order chi connectivity index (χ1) is 15.3. The molecule has 1 atom stereocenters. The average Bonchev–Trinajstić information content (AvgIpc) is 2.96. The van der Waals surface area contributed by atoms with Gasteiger partial charge in [-0.05, 0) is 36.4 Å².